The Kier molecular flexibility index (Phi) is 21.2. The standard InChI is InChI=1S/C45H78F6OSi3/c1-12-25-53(26-13-2,27-14-3)28-21-19-20-23-30-54(33(4)5,29-22-17-15-16-18-24-31-55(34(6)7,35(8)9)36(10)11)52-45-43(50)40-39(42(49)44(45)51)37(46)32-38(47)41(40)48/h32-36H,12-31H2,1-11H3. The minimum absolute atomic E-state index is 0.0842. The average Bonchev–Trinajstić information content (AvgIpc) is 3.10. The van der Waals surface area contributed by atoms with Gasteiger partial charge in [-0.15, -0.1) is 0 Å². The highest BCUT2D eigenvalue weighted by Gasteiger charge is 2.43. The van der Waals surface area contributed by atoms with Gasteiger partial charge >= 0.3 is 0 Å². The van der Waals surface area contributed by atoms with E-state index in [0.29, 0.717) is 12.1 Å². The van der Waals surface area contributed by atoms with Crippen molar-refractivity contribution < 1.29 is 30.8 Å². The van der Waals surface area contributed by atoms with Crippen molar-refractivity contribution in [3.8, 4) is 5.75 Å². The summed E-state index contributed by atoms with van der Waals surface area (Å²) in [4.78, 5) is 0. The molecule has 0 saturated carbocycles. The highest BCUT2D eigenvalue weighted by atomic mass is 28.4. The predicted molar refractivity (Wildman–Crippen MR) is 233 cm³/mol. The summed E-state index contributed by atoms with van der Waals surface area (Å²) in [5, 5.41) is -2.47. The van der Waals surface area contributed by atoms with Crippen LogP contribution in [0.1, 0.15) is 160 Å². The maximum absolute atomic E-state index is 16.0. The zero-order valence-electron chi connectivity index (χ0n) is 36.7. The fourth-order valence-electron chi connectivity index (χ4n) is 10.7. The lowest BCUT2D eigenvalue weighted by Gasteiger charge is -2.43. The normalized spacial score (nSPS) is 14.0. The van der Waals surface area contributed by atoms with E-state index in [1.807, 2.05) is 13.8 Å². The summed E-state index contributed by atoms with van der Waals surface area (Å²) in [6.07, 6.45) is 14.2. The highest BCUT2D eigenvalue weighted by molar-refractivity contribution is 6.83. The van der Waals surface area contributed by atoms with Crippen LogP contribution in [0.15, 0.2) is 6.07 Å². The van der Waals surface area contributed by atoms with E-state index in [-0.39, 0.29) is 11.6 Å². The molecule has 0 heterocycles. The molecule has 0 amide bonds. The van der Waals surface area contributed by atoms with E-state index < -0.39 is 75.9 Å². The number of unbranched alkanes of at least 4 members (excludes halogenated alkanes) is 8. The molecule has 0 saturated heterocycles. The van der Waals surface area contributed by atoms with Crippen LogP contribution in [0.5, 0.6) is 5.75 Å². The van der Waals surface area contributed by atoms with Crippen molar-refractivity contribution in [2.45, 2.75) is 224 Å². The van der Waals surface area contributed by atoms with Gasteiger partial charge in [0, 0.05) is 6.07 Å². The maximum atomic E-state index is 16.0. The molecule has 318 valence electrons. The second kappa shape index (κ2) is 23.4. The first-order chi connectivity index (χ1) is 25.9. The lowest BCUT2D eigenvalue weighted by Crippen LogP contribution is -2.45. The molecular formula is C45H78F6OSi3. The molecule has 2 aromatic carbocycles. The van der Waals surface area contributed by atoms with E-state index in [4.69, 9.17) is 4.43 Å². The molecule has 1 nitrogen and oxygen atoms in total. The minimum atomic E-state index is -3.05. The van der Waals surface area contributed by atoms with E-state index in [2.05, 4.69) is 62.3 Å². The van der Waals surface area contributed by atoms with Crippen molar-refractivity contribution in [3.05, 3.63) is 41.0 Å². The molecule has 1 atom stereocenters. The van der Waals surface area contributed by atoms with Crippen LogP contribution in [0.25, 0.3) is 10.8 Å². The Labute approximate surface area is 335 Å². The summed E-state index contributed by atoms with van der Waals surface area (Å²) < 4.78 is 97.3. The second-order valence-electron chi connectivity index (χ2n) is 18.4. The van der Waals surface area contributed by atoms with Gasteiger partial charge in [0.15, 0.2) is 29.0 Å². The number of hydrogen-bond donors (Lipinski definition) is 0. The van der Waals surface area contributed by atoms with Gasteiger partial charge in [-0.1, -0.05) is 206 Å². The van der Waals surface area contributed by atoms with Crippen LogP contribution in [0, 0.1) is 34.9 Å². The molecular weight excluding hydrogens is 755 g/mol. The SMILES string of the molecule is CCC[Si](CCC)(CCC)CCCCCC[Si](CCCCCCCC[Si](C(C)C)(C(C)C)C(C)C)(Oc1c(F)c(F)c2c(F)cc(F)c(F)c2c1F)C(C)C. The Bertz CT molecular complexity index is 1410. The quantitative estimate of drug-likeness (QED) is 0.0359. The summed E-state index contributed by atoms with van der Waals surface area (Å²) in [5.74, 6) is -11.0. The monoisotopic (exact) mass is 833 g/mol. The first-order valence-corrected chi connectivity index (χ1v) is 29.9. The molecule has 0 aromatic heterocycles. The molecule has 0 aliphatic rings. The Morgan fingerprint density at radius 3 is 1.27 bits per heavy atom. The van der Waals surface area contributed by atoms with E-state index in [9.17, 15) is 13.2 Å². The van der Waals surface area contributed by atoms with Crippen LogP contribution in [0.4, 0.5) is 26.3 Å². The van der Waals surface area contributed by atoms with Crippen molar-refractivity contribution in [2.24, 2.45) is 0 Å². The number of hydrogen-bond acceptors (Lipinski definition) is 1. The Hall–Kier alpha value is -1.27. The molecule has 10 heteroatoms. The molecule has 0 aliphatic carbocycles. The average molecular weight is 833 g/mol. The summed E-state index contributed by atoms with van der Waals surface area (Å²) in [7, 11) is -5.76. The van der Waals surface area contributed by atoms with Crippen LogP contribution in [0.3, 0.4) is 0 Å². The van der Waals surface area contributed by atoms with E-state index in [0.717, 1.165) is 61.6 Å². The molecule has 0 N–H and O–H groups in total. The molecule has 1 unspecified atom stereocenters. The van der Waals surface area contributed by atoms with Gasteiger partial charge in [-0.25, -0.2) is 22.0 Å². The van der Waals surface area contributed by atoms with Gasteiger partial charge < -0.3 is 4.43 Å². The van der Waals surface area contributed by atoms with Crippen LogP contribution >= 0.6 is 0 Å². The first-order valence-electron chi connectivity index (χ1n) is 22.2. The van der Waals surface area contributed by atoms with Crippen molar-refractivity contribution in [1.29, 1.82) is 0 Å². The van der Waals surface area contributed by atoms with Crippen molar-refractivity contribution in [1.82, 2.24) is 0 Å². The number of benzene rings is 2. The van der Waals surface area contributed by atoms with E-state index in [1.54, 1.807) is 0 Å². The summed E-state index contributed by atoms with van der Waals surface area (Å²) in [5.41, 5.74) is 2.17. The Morgan fingerprint density at radius 2 is 0.855 bits per heavy atom. The van der Waals surface area contributed by atoms with Crippen LogP contribution in [0.2, 0.25) is 64.5 Å². The Balaban J connectivity index is 2.27. The minimum Gasteiger partial charge on any atom is -0.539 e. The summed E-state index contributed by atoms with van der Waals surface area (Å²) in [6.45, 7) is 25.4. The van der Waals surface area contributed by atoms with Gasteiger partial charge in [0.2, 0.25) is 5.82 Å². The largest absolute Gasteiger partial charge is 0.539 e. The molecule has 2 rings (SSSR count). The number of fused-ring (bicyclic) bond motifs is 1. The lowest BCUT2D eigenvalue weighted by atomic mass is 10.1. The van der Waals surface area contributed by atoms with Crippen LogP contribution < -0.4 is 4.43 Å². The fourth-order valence-corrected chi connectivity index (χ4v) is 27.1. The van der Waals surface area contributed by atoms with Gasteiger partial charge in [-0.2, -0.15) is 4.39 Å². The van der Waals surface area contributed by atoms with Crippen LogP contribution in [-0.4, -0.2) is 24.5 Å². The Morgan fingerprint density at radius 1 is 0.436 bits per heavy atom. The first kappa shape index (κ1) is 49.9. The van der Waals surface area contributed by atoms with Crippen molar-refractivity contribution in [3.63, 3.8) is 0 Å². The van der Waals surface area contributed by atoms with Gasteiger partial charge in [0.25, 0.3) is 8.32 Å². The zero-order valence-corrected chi connectivity index (χ0v) is 39.7. The fraction of sp³-hybridized carbons (Fsp3) is 0.778. The van der Waals surface area contributed by atoms with E-state index in [1.165, 1.54) is 68.7 Å². The van der Waals surface area contributed by atoms with Gasteiger partial charge in [0.05, 0.1) is 26.9 Å². The van der Waals surface area contributed by atoms with Crippen molar-refractivity contribution >= 4 is 35.2 Å². The third-order valence-electron chi connectivity index (χ3n) is 13.6. The summed E-state index contributed by atoms with van der Waals surface area (Å²) >= 11 is 0. The van der Waals surface area contributed by atoms with E-state index >= 15 is 13.2 Å². The molecule has 0 aliphatic heterocycles. The van der Waals surface area contributed by atoms with Crippen LogP contribution in [-0.2, 0) is 0 Å². The third-order valence-corrected chi connectivity index (χ3v) is 32.5. The van der Waals surface area contributed by atoms with Gasteiger partial charge in [-0.3, -0.25) is 0 Å². The maximum Gasteiger partial charge on any atom is 0.254 e. The molecule has 0 bridgehead atoms. The molecule has 0 spiro atoms. The number of rotatable bonds is 28. The molecule has 2 aromatic rings. The molecule has 0 radical (unpaired) electrons. The number of halogens is 6. The van der Waals surface area contributed by atoms with Gasteiger partial charge in [0.1, 0.15) is 5.82 Å². The third kappa shape index (κ3) is 12.6. The molecule has 0 fully saturated rings. The molecule has 55 heavy (non-hydrogen) atoms. The van der Waals surface area contributed by atoms with Crippen molar-refractivity contribution in [2.75, 3.05) is 0 Å². The smallest absolute Gasteiger partial charge is 0.254 e. The highest BCUT2D eigenvalue weighted by Crippen LogP contribution is 2.46. The second-order valence-corrected chi connectivity index (χ2v) is 34.0. The van der Waals surface area contributed by atoms with Gasteiger partial charge in [-0.05, 0) is 17.6 Å². The predicted octanol–water partition coefficient (Wildman–Crippen LogP) is 17.7. The topological polar surface area (TPSA) is 9.23 Å². The lowest BCUT2D eigenvalue weighted by molar-refractivity contribution is 0.404. The zero-order chi connectivity index (χ0) is 41.6. The summed E-state index contributed by atoms with van der Waals surface area (Å²) in [6, 6.07) is 8.20.